The van der Waals surface area contributed by atoms with E-state index in [4.69, 9.17) is 16.3 Å². The van der Waals surface area contributed by atoms with Gasteiger partial charge in [0.15, 0.2) is 0 Å². The average Bonchev–Trinajstić information content (AvgIpc) is 2.65. The molecular formula is C21H25ClN2O. The summed E-state index contributed by atoms with van der Waals surface area (Å²) >= 11 is 6.10. The highest BCUT2D eigenvalue weighted by molar-refractivity contribution is 6.30. The minimum atomic E-state index is 0.207. The van der Waals surface area contributed by atoms with Gasteiger partial charge >= 0.3 is 0 Å². The first-order valence-corrected chi connectivity index (χ1v) is 9.06. The first kappa shape index (κ1) is 18.0. The molecule has 4 heteroatoms. The van der Waals surface area contributed by atoms with Gasteiger partial charge < -0.3 is 4.74 Å². The van der Waals surface area contributed by atoms with Crippen molar-refractivity contribution in [1.82, 2.24) is 9.80 Å². The molecule has 0 saturated carbocycles. The number of methoxy groups -OCH3 is 1. The van der Waals surface area contributed by atoms with Crippen LogP contribution in [0.25, 0.3) is 0 Å². The van der Waals surface area contributed by atoms with Crippen molar-refractivity contribution in [3.8, 4) is 5.75 Å². The Morgan fingerprint density at radius 3 is 2.44 bits per heavy atom. The van der Waals surface area contributed by atoms with Gasteiger partial charge in [-0.1, -0.05) is 41.9 Å². The maximum atomic E-state index is 6.10. The minimum Gasteiger partial charge on any atom is -0.497 e. The number of benzene rings is 2. The summed E-state index contributed by atoms with van der Waals surface area (Å²) in [6, 6.07) is 16.8. The molecular weight excluding hydrogens is 332 g/mol. The Bertz CT molecular complexity index is 693. The molecule has 1 aliphatic heterocycles. The number of nitrogens with zero attached hydrogens (tertiary/aromatic N) is 2. The van der Waals surface area contributed by atoms with E-state index in [1.54, 1.807) is 7.11 Å². The highest BCUT2D eigenvalue weighted by Gasteiger charge is 2.26. The first-order valence-electron chi connectivity index (χ1n) is 8.68. The van der Waals surface area contributed by atoms with Gasteiger partial charge in [-0.05, 0) is 35.4 Å². The zero-order valence-electron chi connectivity index (χ0n) is 14.7. The van der Waals surface area contributed by atoms with Crippen molar-refractivity contribution in [3.05, 3.63) is 77.3 Å². The fourth-order valence-corrected chi connectivity index (χ4v) is 3.58. The number of halogens is 1. The molecule has 1 aliphatic rings. The molecule has 0 aromatic heterocycles. The van der Waals surface area contributed by atoms with E-state index in [-0.39, 0.29) is 6.04 Å². The predicted molar refractivity (Wildman–Crippen MR) is 104 cm³/mol. The fourth-order valence-electron chi connectivity index (χ4n) is 3.46. The molecule has 0 amide bonds. The molecule has 0 N–H and O–H groups in total. The highest BCUT2D eigenvalue weighted by Crippen LogP contribution is 2.32. The lowest BCUT2D eigenvalue weighted by atomic mass is 9.96. The molecule has 0 spiro atoms. The van der Waals surface area contributed by atoms with Gasteiger partial charge in [0.25, 0.3) is 0 Å². The SMILES string of the molecule is C=CCN1CCN(C(c2ccc(Cl)cc2)c2cccc(OC)c2)CC1. The van der Waals surface area contributed by atoms with Crippen molar-refractivity contribution in [2.75, 3.05) is 39.8 Å². The zero-order chi connectivity index (χ0) is 17.6. The average molecular weight is 357 g/mol. The van der Waals surface area contributed by atoms with E-state index < -0.39 is 0 Å². The van der Waals surface area contributed by atoms with E-state index in [2.05, 4.69) is 46.7 Å². The summed E-state index contributed by atoms with van der Waals surface area (Å²) in [6.45, 7) is 8.97. The number of hydrogen-bond donors (Lipinski definition) is 0. The normalized spacial score (nSPS) is 17.2. The third-order valence-electron chi connectivity index (χ3n) is 4.75. The Kier molecular flexibility index (Phi) is 6.14. The third-order valence-corrected chi connectivity index (χ3v) is 5.01. The van der Waals surface area contributed by atoms with Gasteiger partial charge in [0.2, 0.25) is 0 Å². The standard InChI is InChI=1S/C21H25ClN2O/c1-3-11-23-12-14-24(15-13-23)21(17-7-9-19(22)10-8-17)18-5-4-6-20(16-18)25-2/h3-10,16,21H,1,11-15H2,2H3. The molecule has 2 aromatic carbocycles. The van der Waals surface area contributed by atoms with E-state index in [1.807, 2.05) is 24.3 Å². The van der Waals surface area contributed by atoms with Crippen molar-refractivity contribution in [3.63, 3.8) is 0 Å². The van der Waals surface area contributed by atoms with E-state index in [1.165, 1.54) is 11.1 Å². The van der Waals surface area contributed by atoms with Gasteiger partial charge in [-0.2, -0.15) is 0 Å². The van der Waals surface area contributed by atoms with Crippen molar-refractivity contribution >= 4 is 11.6 Å². The highest BCUT2D eigenvalue weighted by atomic mass is 35.5. The summed E-state index contributed by atoms with van der Waals surface area (Å²) in [7, 11) is 1.71. The van der Waals surface area contributed by atoms with Crippen LogP contribution in [-0.4, -0.2) is 49.6 Å². The van der Waals surface area contributed by atoms with E-state index in [0.29, 0.717) is 0 Å². The summed E-state index contributed by atoms with van der Waals surface area (Å²) in [5.74, 6) is 0.891. The Morgan fingerprint density at radius 2 is 1.80 bits per heavy atom. The largest absolute Gasteiger partial charge is 0.497 e. The van der Waals surface area contributed by atoms with E-state index in [0.717, 1.165) is 43.5 Å². The second kappa shape index (κ2) is 8.52. The molecule has 3 nitrogen and oxygen atoms in total. The third kappa shape index (κ3) is 4.43. The van der Waals surface area contributed by atoms with Gasteiger partial charge in [-0.25, -0.2) is 0 Å². The van der Waals surface area contributed by atoms with Crippen molar-refractivity contribution in [2.24, 2.45) is 0 Å². The van der Waals surface area contributed by atoms with Crippen LogP contribution in [0.15, 0.2) is 61.2 Å². The molecule has 132 valence electrons. The van der Waals surface area contributed by atoms with Crippen LogP contribution in [0.1, 0.15) is 17.2 Å². The Labute approximate surface area is 155 Å². The molecule has 1 atom stereocenters. The molecule has 0 radical (unpaired) electrons. The lowest BCUT2D eigenvalue weighted by Crippen LogP contribution is -2.47. The summed E-state index contributed by atoms with van der Waals surface area (Å²) in [6.07, 6.45) is 1.98. The Morgan fingerprint density at radius 1 is 1.08 bits per heavy atom. The monoisotopic (exact) mass is 356 g/mol. The van der Waals surface area contributed by atoms with Crippen molar-refractivity contribution in [2.45, 2.75) is 6.04 Å². The summed E-state index contributed by atoms with van der Waals surface area (Å²) in [5, 5.41) is 0.768. The van der Waals surface area contributed by atoms with Crippen LogP contribution < -0.4 is 4.74 Å². The molecule has 1 fully saturated rings. The number of hydrogen-bond acceptors (Lipinski definition) is 3. The maximum absolute atomic E-state index is 6.10. The molecule has 0 bridgehead atoms. The van der Waals surface area contributed by atoms with Crippen LogP contribution in [0.5, 0.6) is 5.75 Å². The summed E-state index contributed by atoms with van der Waals surface area (Å²) < 4.78 is 5.44. The van der Waals surface area contributed by atoms with Crippen LogP contribution in [0.4, 0.5) is 0 Å². The van der Waals surface area contributed by atoms with E-state index in [9.17, 15) is 0 Å². The van der Waals surface area contributed by atoms with Crippen LogP contribution in [0.3, 0.4) is 0 Å². The van der Waals surface area contributed by atoms with Crippen molar-refractivity contribution < 1.29 is 4.74 Å². The molecule has 1 unspecified atom stereocenters. The predicted octanol–water partition coefficient (Wildman–Crippen LogP) is 4.24. The topological polar surface area (TPSA) is 15.7 Å². The molecule has 0 aliphatic carbocycles. The van der Waals surface area contributed by atoms with Crippen LogP contribution in [0, 0.1) is 0 Å². The van der Waals surface area contributed by atoms with Gasteiger partial charge in [0, 0.05) is 37.7 Å². The second-order valence-corrected chi connectivity index (χ2v) is 6.79. The lowest BCUT2D eigenvalue weighted by molar-refractivity contribution is 0.117. The van der Waals surface area contributed by atoms with Gasteiger partial charge in [0.1, 0.15) is 5.75 Å². The lowest BCUT2D eigenvalue weighted by Gasteiger charge is -2.39. The molecule has 2 aromatic rings. The quantitative estimate of drug-likeness (QED) is 0.720. The maximum Gasteiger partial charge on any atom is 0.119 e. The van der Waals surface area contributed by atoms with E-state index >= 15 is 0 Å². The number of piperazine rings is 1. The van der Waals surface area contributed by atoms with Crippen LogP contribution >= 0.6 is 11.6 Å². The molecule has 1 heterocycles. The second-order valence-electron chi connectivity index (χ2n) is 6.36. The smallest absolute Gasteiger partial charge is 0.119 e. The zero-order valence-corrected chi connectivity index (χ0v) is 15.5. The molecule has 3 rings (SSSR count). The fraction of sp³-hybridized carbons (Fsp3) is 0.333. The Balaban J connectivity index is 1.89. The van der Waals surface area contributed by atoms with Crippen molar-refractivity contribution in [1.29, 1.82) is 0 Å². The van der Waals surface area contributed by atoms with Gasteiger partial charge in [0.05, 0.1) is 13.2 Å². The van der Waals surface area contributed by atoms with Crippen LogP contribution in [-0.2, 0) is 0 Å². The van der Waals surface area contributed by atoms with Gasteiger partial charge in [-0.3, -0.25) is 9.80 Å². The summed E-state index contributed by atoms with van der Waals surface area (Å²) in [4.78, 5) is 4.98. The summed E-state index contributed by atoms with van der Waals surface area (Å²) in [5.41, 5.74) is 2.51. The number of ether oxygens (including phenoxy) is 1. The molecule has 1 saturated heterocycles. The number of rotatable bonds is 6. The molecule has 25 heavy (non-hydrogen) atoms. The van der Waals surface area contributed by atoms with Gasteiger partial charge in [-0.15, -0.1) is 6.58 Å². The first-order chi connectivity index (χ1) is 12.2. The minimum absolute atomic E-state index is 0.207. The Hall–Kier alpha value is -1.81. The van der Waals surface area contributed by atoms with Crippen LogP contribution in [0.2, 0.25) is 5.02 Å².